The normalized spacial score (nSPS) is 19.7. The number of sulfonamides is 1. The van der Waals surface area contributed by atoms with Crippen LogP contribution in [-0.4, -0.2) is 54.2 Å². The molecule has 7 nitrogen and oxygen atoms in total. The van der Waals surface area contributed by atoms with Crippen molar-refractivity contribution in [2.24, 2.45) is 0 Å². The van der Waals surface area contributed by atoms with Crippen molar-refractivity contribution in [1.82, 2.24) is 19.5 Å². The summed E-state index contributed by atoms with van der Waals surface area (Å²) in [5.74, 6) is 0. The molecule has 8 heteroatoms. The molecule has 0 atom stereocenters. The zero-order chi connectivity index (χ0) is 10.0. The lowest BCUT2D eigenvalue weighted by molar-refractivity contribution is 0.0728. The quantitative estimate of drug-likeness (QED) is 0.675. The molecule has 0 aliphatic carbocycles. The van der Waals surface area contributed by atoms with Crippen LogP contribution in [0.15, 0.2) is 11.5 Å². The van der Waals surface area contributed by atoms with Crippen LogP contribution in [0.25, 0.3) is 0 Å². The molecule has 2 heterocycles. The molecule has 0 bridgehead atoms. The molecule has 0 radical (unpaired) electrons. The van der Waals surface area contributed by atoms with E-state index in [2.05, 4.69) is 15.2 Å². The van der Waals surface area contributed by atoms with Gasteiger partial charge in [-0.05, 0) is 0 Å². The van der Waals surface area contributed by atoms with Gasteiger partial charge >= 0.3 is 0 Å². The maximum atomic E-state index is 11.8. The summed E-state index contributed by atoms with van der Waals surface area (Å²) in [6.45, 7) is 1.58. The third-order valence-corrected chi connectivity index (χ3v) is 3.68. The van der Waals surface area contributed by atoms with Crippen LogP contribution in [-0.2, 0) is 14.8 Å². The third kappa shape index (κ3) is 1.63. The van der Waals surface area contributed by atoms with Crippen LogP contribution in [0.1, 0.15) is 0 Å². The number of hydrogen-bond donors (Lipinski definition) is 1. The van der Waals surface area contributed by atoms with Crippen LogP contribution >= 0.6 is 0 Å². The molecule has 1 saturated heterocycles. The Hall–Kier alpha value is -0.990. The Morgan fingerprint density at radius 3 is 2.71 bits per heavy atom. The van der Waals surface area contributed by atoms with Crippen molar-refractivity contribution in [3.63, 3.8) is 0 Å². The Morgan fingerprint density at radius 2 is 2.14 bits per heavy atom. The highest BCUT2D eigenvalue weighted by Gasteiger charge is 2.28. The number of aromatic nitrogens is 3. The largest absolute Gasteiger partial charge is 0.379 e. The van der Waals surface area contributed by atoms with Crippen LogP contribution in [0.4, 0.5) is 0 Å². The van der Waals surface area contributed by atoms with Crippen LogP contribution in [0, 0.1) is 0 Å². The average Bonchev–Trinajstić information content (AvgIpc) is 2.72. The van der Waals surface area contributed by atoms with E-state index in [0.717, 1.165) is 0 Å². The highest BCUT2D eigenvalue weighted by Crippen LogP contribution is 2.11. The first-order valence-corrected chi connectivity index (χ1v) is 5.58. The lowest BCUT2D eigenvalue weighted by Crippen LogP contribution is -2.41. The minimum atomic E-state index is -3.49. The predicted octanol–water partition coefficient (Wildman–Crippen LogP) is -1.17. The second-order valence-corrected chi connectivity index (χ2v) is 4.66. The molecule has 0 unspecified atom stereocenters. The number of hydrogen-bond acceptors (Lipinski definition) is 5. The van der Waals surface area contributed by atoms with E-state index < -0.39 is 10.0 Å². The van der Waals surface area contributed by atoms with Gasteiger partial charge in [0.2, 0.25) is 0 Å². The van der Waals surface area contributed by atoms with Crippen LogP contribution in [0.3, 0.4) is 0 Å². The Kier molecular flexibility index (Phi) is 2.48. The van der Waals surface area contributed by atoms with Crippen molar-refractivity contribution in [3.05, 3.63) is 6.33 Å². The van der Waals surface area contributed by atoms with Gasteiger partial charge in [0.25, 0.3) is 15.2 Å². The Morgan fingerprint density at radius 1 is 1.43 bits per heavy atom. The third-order valence-electron chi connectivity index (χ3n) is 1.95. The van der Waals surface area contributed by atoms with Gasteiger partial charge in [0, 0.05) is 13.1 Å². The molecule has 1 aliphatic rings. The number of H-pyrrole nitrogens is 1. The molecule has 1 aliphatic heterocycles. The van der Waals surface area contributed by atoms with Crippen LogP contribution in [0.5, 0.6) is 0 Å². The molecular formula is C6H10N4O3S. The molecule has 0 saturated carbocycles. The summed E-state index contributed by atoms with van der Waals surface area (Å²) in [5.41, 5.74) is 0. The topological polar surface area (TPSA) is 88.2 Å². The number of aromatic amines is 1. The average molecular weight is 218 g/mol. The molecule has 14 heavy (non-hydrogen) atoms. The number of nitrogens with one attached hydrogen (secondary N) is 1. The summed E-state index contributed by atoms with van der Waals surface area (Å²) in [5, 5.41) is 5.74. The fourth-order valence-corrected chi connectivity index (χ4v) is 2.45. The first-order valence-electron chi connectivity index (χ1n) is 4.14. The molecule has 0 spiro atoms. The molecule has 0 amide bonds. The molecular weight excluding hydrogens is 208 g/mol. The lowest BCUT2D eigenvalue weighted by Gasteiger charge is -2.24. The van der Waals surface area contributed by atoms with Crippen molar-refractivity contribution in [2.75, 3.05) is 26.3 Å². The fraction of sp³-hybridized carbons (Fsp3) is 0.667. The SMILES string of the molecule is O=S(=O)(c1ncn[nH]1)N1CCOCC1. The number of nitrogens with zero attached hydrogens (tertiary/aromatic N) is 3. The lowest BCUT2D eigenvalue weighted by atomic mass is 10.5. The van der Waals surface area contributed by atoms with Crippen molar-refractivity contribution < 1.29 is 13.2 Å². The number of ether oxygens (including phenoxy) is 1. The molecule has 1 aromatic rings. The van der Waals surface area contributed by atoms with E-state index in [1.54, 1.807) is 0 Å². The molecule has 1 fully saturated rings. The smallest absolute Gasteiger partial charge is 0.278 e. The van der Waals surface area contributed by atoms with Crippen molar-refractivity contribution in [3.8, 4) is 0 Å². The molecule has 1 N–H and O–H groups in total. The van der Waals surface area contributed by atoms with E-state index in [0.29, 0.717) is 26.3 Å². The van der Waals surface area contributed by atoms with Gasteiger partial charge in [-0.15, -0.1) is 0 Å². The predicted molar refractivity (Wildman–Crippen MR) is 46.0 cm³/mol. The summed E-state index contributed by atoms with van der Waals surface area (Å²) in [6.07, 6.45) is 1.17. The molecule has 0 aromatic carbocycles. The van der Waals surface area contributed by atoms with Gasteiger partial charge < -0.3 is 4.74 Å². The van der Waals surface area contributed by atoms with Crippen LogP contribution in [0.2, 0.25) is 0 Å². The summed E-state index contributed by atoms with van der Waals surface area (Å²) < 4.78 is 30.0. The van der Waals surface area contributed by atoms with Gasteiger partial charge in [-0.3, -0.25) is 0 Å². The summed E-state index contributed by atoms with van der Waals surface area (Å²) >= 11 is 0. The van der Waals surface area contributed by atoms with E-state index in [9.17, 15) is 8.42 Å². The van der Waals surface area contributed by atoms with Gasteiger partial charge in [0.05, 0.1) is 13.2 Å². The minimum Gasteiger partial charge on any atom is -0.379 e. The Bertz CT molecular complexity index is 381. The minimum absolute atomic E-state index is 0.112. The number of rotatable bonds is 2. The Labute approximate surface area is 81.1 Å². The second-order valence-electron chi connectivity index (χ2n) is 2.81. The summed E-state index contributed by atoms with van der Waals surface area (Å²) in [6, 6.07) is 0. The summed E-state index contributed by atoms with van der Waals surface area (Å²) in [7, 11) is -3.49. The van der Waals surface area contributed by atoms with E-state index in [4.69, 9.17) is 4.74 Å². The van der Waals surface area contributed by atoms with Crippen LogP contribution < -0.4 is 0 Å². The number of morpholine rings is 1. The molecule has 1 aromatic heterocycles. The monoisotopic (exact) mass is 218 g/mol. The maximum absolute atomic E-state index is 11.8. The maximum Gasteiger partial charge on any atom is 0.278 e. The molecule has 2 rings (SSSR count). The highest BCUT2D eigenvalue weighted by atomic mass is 32.2. The zero-order valence-corrected chi connectivity index (χ0v) is 8.20. The van der Waals surface area contributed by atoms with Crippen molar-refractivity contribution in [2.45, 2.75) is 5.16 Å². The van der Waals surface area contributed by atoms with Gasteiger partial charge in [-0.25, -0.2) is 18.5 Å². The van der Waals surface area contributed by atoms with Gasteiger partial charge in [0.1, 0.15) is 6.33 Å². The van der Waals surface area contributed by atoms with E-state index in [1.807, 2.05) is 0 Å². The van der Waals surface area contributed by atoms with Crippen molar-refractivity contribution >= 4 is 10.0 Å². The molecule has 78 valence electrons. The zero-order valence-electron chi connectivity index (χ0n) is 7.38. The fourth-order valence-electron chi connectivity index (χ4n) is 1.23. The standard InChI is InChI=1S/C6H10N4O3S/c11-14(12,6-7-5-8-9-6)10-1-3-13-4-2-10/h5H,1-4H2,(H,7,8,9). The van der Waals surface area contributed by atoms with Gasteiger partial charge in [0.15, 0.2) is 0 Å². The summed E-state index contributed by atoms with van der Waals surface area (Å²) in [4.78, 5) is 3.63. The second kappa shape index (κ2) is 3.64. The first-order chi connectivity index (χ1) is 6.71. The Balaban J connectivity index is 2.23. The highest BCUT2D eigenvalue weighted by molar-refractivity contribution is 7.88. The van der Waals surface area contributed by atoms with Gasteiger partial charge in [-0.1, -0.05) is 0 Å². The van der Waals surface area contributed by atoms with Crippen molar-refractivity contribution in [1.29, 1.82) is 0 Å². The first kappa shape index (κ1) is 9.56. The van der Waals surface area contributed by atoms with Gasteiger partial charge in [-0.2, -0.15) is 9.40 Å². The van der Waals surface area contributed by atoms with E-state index in [1.165, 1.54) is 10.6 Å². The van der Waals surface area contributed by atoms with E-state index in [-0.39, 0.29) is 5.16 Å². The van der Waals surface area contributed by atoms with E-state index >= 15 is 0 Å².